The predicted octanol–water partition coefficient (Wildman–Crippen LogP) is 2.85. The number of aliphatic imine (C=N–C) groups is 1. The number of aryl methyl sites for hydroxylation is 1. The molecule has 0 spiro atoms. The van der Waals surface area contributed by atoms with Crippen molar-refractivity contribution in [1.82, 2.24) is 14.8 Å². The fourth-order valence-electron chi connectivity index (χ4n) is 3.66. The number of aromatic nitrogens is 1. The van der Waals surface area contributed by atoms with E-state index in [-0.39, 0.29) is 0 Å². The number of hydrogen-bond acceptors (Lipinski definition) is 4. The molecule has 3 heterocycles. The summed E-state index contributed by atoms with van der Waals surface area (Å²) in [4.78, 5) is 14.1. The zero-order valence-corrected chi connectivity index (χ0v) is 15.7. The number of nitrogens with two attached hydrogens (primary N) is 1. The van der Waals surface area contributed by atoms with Crippen LogP contribution in [0.1, 0.15) is 49.2 Å². The van der Waals surface area contributed by atoms with E-state index in [1.165, 1.54) is 49.2 Å². The highest BCUT2D eigenvalue weighted by molar-refractivity contribution is 7.09. The summed E-state index contributed by atoms with van der Waals surface area (Å²) in [6.45, 7) is 8.44. The van der Waals surface area contributed by atoms with Crippen molar-refractivity contribution in [3.63, 3.8) is 0 Å². The van der Waals surface area contributed by atoms with Crippen LogP contribution in [0.15, 0.2) is 10.4 Å². The molecule has 0 aliphatic carbocycles. The summed E-state index contributed by atoms with van der Waals surface area (Å²) in [7, 11) is 0. The van der Waals surface area contributed by atoms with Crippen molar-refractivity contribution in [2.24, 2.45) is 16.6 Å². The molecular weight excluding hydrogens is 318 g/mol. The van der Waals surface area contributed by atoms with Crippen LogP contribution in [0.2, 0.25) is 0 Å². The molecule has 1 aromatic heterocycles. The van der Waals surface area contributed by atoms with E-state index in [4.69, 9.17) is 10.7 Å². The molecule has 6 heteroatoms. The van der Waals surface area contributed by atoms with Crippen LogP contribution < -0.4 is 5.73 Å². The van der Waals surface area contributed by atoms with E-state index >= 15 is 0 Å². The van der Waals surface area contributed by atoms with Gasteiger partial charge >= 0.3 is 0 Å². The third-order valence-corrected chi connectivity index (χ3v) is 6.02. The summed E-state index contributed by atoms with van der Waals surface area (Å²) in [6.07, 6.45) is 7.62. The van der Waals surface area contributed by atoms with E-state index in [0.717, 1.165) is 45.2 Å². The maximum Gasteiger partial charge on any atom is 0.191 e. The standard InChI is InChI=1S/C18H31N5S/c1-15-21-17(14-24-15)13-22-10-6-16(7-11-22)12-20-18(19)23-8-4-2-3-5-9-23/h14,16H,2-13H2,1H3,(H2,19,20). The lowest BCUT2D eigenvalue weighted by atomic mass is 9.97. The molecular formula is C18H31N5S. The van der Waals surface area contributed by atoms with Crippen molar-refractivity contribution in [3.8, 4) is 0 Å². The molecule has 134 valence electrons. The summed E-state index contributed by atoms with van der Waals surface area (Å²) in [5.74, 6) is 1.46. The Morgan fingerprint density at radius 2 is 1.92 bits per heavy atom. The Kier molecular flexibility index (Phi) is 6.49. The molecule has 0 saturated carbocycles. The minimum Gasteiger partial charge on any atom is -0.370 e. The fraction of sp³-hybridized carbons (Fsp3) is 0.778. The van der Waals surface area contributed by atoms with Gasteiger partial charge in [0.2, 0.25) is 0 Å². The fourth-order valence-corrected chi connectivity index (χ4v) is 4.26. The monoisotopic (exact) mass is 349 g/mol. The number of rotatable bonds is 4. The molecule has 0 amide bonds. The van der Waals surface area contributed by atoms with Crippen LogP contribution in [0.3, 0.4) is 0 Å². The van der Waals surface area contributed by atoms with Crippen molar-refractivity contribution < 1.29 is 0 Å². The second-order valence-electron chi connectivity index (χ2n) is 7.18. The number of nitrogens with zero attached hydrogens (tertiary/aromatic N) is 4. The summed E-state index contributed by atoms with van der Waals surface area (Å²) < 4.78 is 0. The summed E-state index contributed by atoms with van der Waals surface area (Å²) in [5, 5.41) is 3.35. The van der Waals surface area contributed by atoms with Gasteiger partial charge in [0, 0.05) is 31.6 Å². The van der Waals surface area contributed by atoms with Crippen LogP contribution in [0, 0.1) is 12.8 Å². The highest BCUT2D eigenvalue weighted by atomic mass is 32.1. The van der Waals surface area contributed by atoms with Gasteiger partial charge in [-0.3, -0.25) is 9.89 Å². The van der Waals surface area contributed by atoms with Crippen LogP contribution in [-0.2, 0) is 6.54 Å². The maximum absolute atomic E-state index is 6.23. The van der Waals surface area contributed by atoms with Crippen LogP contribution in [-0.4, -0.2) is 53.5 Å². The second kappa shape index (κ2) is 8.81. The van der Waals surface area contributed by atoms with Crippen LogP contribution in [0.4, 0.5) is 0 Å². The van der Waals surface area contributed by atoms with E-state index < -0.39 is 0 Å². The van der Waals surface area contributed by atoms with Gasteiger partial charge in [-0.1, -0.05) is 12.8 Å². The first kappa shape index (κ1) is 17.7. The van der Waals surface area contributed by atoms with Gasteiger partial charge in [-0.15, -0.1) is 11.3 Å². The van der Waals surface area contributed by atoms with Crippen molar-refractivity contribution in [3.05, 3.63) is 16.1 Å². The molecule has 0 aromatic carbocycles. The molecule has 0 radical (unpaired) electrons. The maximum atomic E-state index is 6.23. The smallest absolute Gasteiger partial charge is 0.191 e. The van der Waals surface area contributed by atoms with Crippen LogP contribution in [0.25, 0.3) is 0 Å². The number of thiazole rings is 1. The van der Waals surface area contributed by atoms with Gasteiger partial charge in [0.05, 0.1) is 10.7 Å². The molecule has 5 nitrogen and oxygen atoms in total. The lowest BCUT2D eigenvalue weighted by Gasteiger charge is -2.31. The van der Waals surface area contributed by atoms with E-state index in [0.29, 0.717) is 5.92 Å². The Hall–Kier alpha value is -1.14. The van der Waals surface area contributed by atoms with Gasteiger partial charge in [0.1, 0.15) is 0 Å². The van der Waals surface area contributed by atoms with Gasteiger partial charge < -0.3 is 10.6 Å². The van der Waals surface area contributed by atoms with Gasteiger partial charge in [-0.2, -0.15) is 0 Å². The Balaban J connectivity index is 1.40. The Morgan fingerprint density at radius 3 is 2.54 bits per heavy atom. The number of hydrogen-bond donors (Lipinski definition) is 1. The van der Waals surface area contributed by atoms with E-state index in [1.54, 1.807) is 11.3 Å². The Morgan fingerprint density at radius 1 is 1.21 bits per heavy atom. The topological polar surface area (TPSA) is 57.8 Å². The molecule has 2 aliphatic rings. The van der Waals surface area contributed by atoms with Crippen molar-refractivity contribution in [1.29, 1.82) is 0 Å². The molecule has 1 aromatic rings. The highest BCUT2D eigenvalue weighted by Crippen LogP contribution is 2.20. The normalized spacial score (nSPS) is 21.9. The summed E-state index contributed by atoms with van der Waals surface area (Å²) in [6, 6.07) is 0. The first-order valence-corrected chi connectivity index (χ1v) is 10.3. The number of likely N-dealkylation sites (tertiary alicyclic amines) is 2. The third kappa shape index (κ3) is 5.18. The van der Waals surface area contributed by atoms with Gasteiger partial charge in [-0.05, 0) is 51.6 Å². The minimum atomic E-state index is 0.684. The largest absolute Gasteiger partial charge is 0.370 e. The van der Waals surface area contributed by atoms with Crippen molar-refractivity contribution in [2.45, 2.75) is 52.0 Å². The van der Waals surface area contributed by atoms with Gasteiger partial charge in [0.15, 0.2) is 5.96 Å². The summed E-state index contributed by atoms with van der Waals surface area (Å²) >= 11 is 1.75. The lowest BCUT2D eigenvalue weighted by Crippen LogP contribution is -2.39. The zero-order chi connectivity index (χ0) is 16.8. The second-order valence-corrected chi connectivity index (χ2v) is 8.24. The van der Waals surface area contributed by atoms with E-state index in [1.807, 2.05) is 0 Å². The quantitative estimate of drug-likeness (QED) is 0.671. The zero-order valence-electron chi connectivity index (χ0n) is 14.9. The molecule has 2 aliphatic heterocycles. The molecule has 3 rings (SSSR count). The minimum absolute atomic E-state index is 0.684. The van der Waals surface area contributed by atoms with E-state index in [9.17, 15) is 0 Å². The average molecular weight is 350 g/mol. The molecule has 24 heavy (non-hydrogen) atoms. The third-order valence-electron chi connectivity index (χ3n) is 5.20. The molecule has 2 saturated heterocycles. The van der Waals surface area contributed by atoms with Crippen molar-refractivity contribution in [2.75, 3.05) is 32.7 Å². The molecule has 0 atom stereocenters. The molecule has 2 N–H and O–H groups in total. The molecule has 0 unspecified atom stereocenters. The first-order chi connectivity index (χ1) is 11.7. The number of piperidine rings is 1. The number of guanidine groups is 1. The first-order valence-electron chi connectivity index (χ1n) is 9.39. The van der Waals surface area contributed by atoms with Gasteiger partial charge in [0.25, 0.3) is 0 Å². The lowest BCUT2D eigenvalue weighted by molar-refractivity contribution is 0.179. The van der Waals surface area contributed by atoms with Gasteiger partial charge in [-0.25, -0.2) is 4.98 Å². The SMILES string of the molecule is Cc1nc(CN2CCC(CN=C(N)N3CCCCCC3)CC2)cs1. The Labute approximate surface area is 150 Å². The Bertz CT molecular complexity index is 525. The molecule has 2 fully saturated rings. The highest BCUT2D eigenvalue weighted by Gasteiger charge is 2.20. The van der Waals surface area contributed by atoms with Crippen LogP contribution >= 0.6 is 11.3 Å². The predicted molar refractivity (Wildman–Crippen MR) is 101 cm³/mol. The molecule has 0 bridgehead atoms. The van der Waals surface area contributed by atoms with Crippen molar-refractivity contribution >= 4 is 17.3 Å². The van der Waals surface area contributed by atoms with E-state index in [2.05, 4.69) is 27.1 Å². The van der Waals surface area contributed by atoms with Crippen LogP contribution in [0.5, 0.6) is 0 Å². The average Bonchev–Trinajstić information content (AvgIpc) is 2.84. The summed E-state index contributed by atoms with van der Waals surface area (Å²) in [5.41, 5.74) is 7.45.